The summed E-state index contributed by atoms with van der Waals surface area (Å²) in [5, 5.41) is 2.90. The molecule has 3 aromatic rings. The van der Waals surface area contributed by atoms with E-state index in [1.807, 2.05) is 53.9 Å². The number of nitrogens with zero attached hydrogens (tertiary/aromatic N) is 1. The van der Waals surface area contributed by atoms with Crippen molar-refractivity contribution in [3.63, 3.8) is 0 Å². The summed E-state index contributed by atoms with van der Waals surface area (Å²) in [5.74, 6) is 6.83. The van der Waals surface area contributed by atoms with E-state index in [1.54, 1.807) is 24.6 Å². The van der Waals surface area contributed by atoms with Crippen LogP contribution in [0.15, 0.2) is 60.1 Å². The number of nitrogen functional groups attached to an aromatic ring is 1. The summed E-state index contributed by atoms with van der Waals surface area (Å²) in [6.45, 7) is 2.39. The van der Waals surface area contributed by atoms with Gasteiger partial charge in [-0.15, -0.1) is 11.3 Å². The summed E-state index contributed by atoms with van der Waals surface area (Å²) >= 11 is 1.59. The van der Waals surface area contributed by atoms with Gasteiger partial charge >= 0.3 is 0 Å². The molecule has 3 rings (SSSR count). The summed E-state index contributed by atoms with van der Waals surface area (Å²) in [5.41, 5.74) is 7.79. The van der Waals surface area contributed by atoms with Crippen LogP contribution in [0.5, 0.6) is 5.75 Å². The molecule has 4 nitrogen and oxygen atoms in total. The topological polar surface area (TPSA) is 57.4 Å². The Morgan fingerprint density at radius 1 is 1.19 bits per heavy atom. The van der Waals surface area contributed by atoms with Crippen LogP contribution >= 0.6 is 11.3 Å². The molecule has 1 aromatic heterocycles. The molecule has 27 heavy (non-hydrogen) atoms. The van der Waals surface area contributed by atoms with Crippen LogP contribution in [0.3, 0.4) is 0 Å². The molecule has 0 saturated heterocycles. The maximum atomic E-state index is 5.92. The smallest absolute Gasteiger partial charge is 0.149 e. The molecule has 1 unspecified atom stereocenters. The number of thiazole rings is 1. The zero-order chi connectivity index (χ0) is 19.1. The molecule has 0 spiro atoms. The first kappa shape index (κ1) is 19.0. The van der Waals surface area contributed by atoms with Crippen LogP contribution in [-0.4, -0.2) is 18.7 Å². The first-order valence-electron chi connectivity index (χ1n) is 8.71. The van der Waals surface area contributed by atoms with Gasteiger partial charge in [0.25, 0.3) is 0 Å². The Kier molecular flexibility index (Phi) is 6.12. The fourth-order valence-corrected chi connectivity index (χ4v) is 3.87. The minimum absolute atomic E-state index is 0.293. The lowest BCUT2D eigenvalue weighted by Gasteiger charge is -2.30. The van der Waals surface area contributed by atoms with Crippen molar-refractivity contribution in [2.45, 2.75) is 18.9 Å². The number of hydrogen-bond acceptors (Lipinski definition) is 5. The second-order valence-corrected chi connectivity index (χ2v) is 6.86. The third kappa shape index (κ3) is 4.30. The molecule has 2 N–H and O–H groups in total. The molecule has 0 saturated carbocycles. The van der Waals surface area contributed by atoms with E-state index in [0.29, 0.717) is 12.3 Å². The Morgan fingerprint density at radius 3 is 2.74 bits per heavy atom. The Hall–Kier alpha value is -2.81. The Labute approximate surface area is 164 Å². The van der Waals surface area contributed by atoms with Gasteiger partial charge in [-0.1, -0.05) is 37.0 Å². The maximum absolute atomic E-state index is 5.92. The number of rotatable bonds is 6. The summed E-state index contributed by atoms with van der Waals surface area (Å²) in [6.07, 6.45) is 2.57. The molecule has 0 aliphatic rings. The average molecular weight is 378 g/mol. The van der Waals surface area contributed by atoms with Crippen molar-refractivity contribution in [2.24, 2.45) is 0 Å². The lowest BCUT2D eigenvalue weighted by Crippen LogP contribution is -2.29. The minimum atomic E-state index is -0.569. The lowest BCUT2D eigenvalue weighted by molar-refractivity contribution is 0.0182. The van der Waals surface area contributed by atoms with E-state index in [4.69, 9.17) is 15.2 Å². The second-order valence-electron chi connectivity index (χ2n) is 5.97. The second kappa shape index (κ2) is 8.72. The first-order valence-corrected chi connectivity index (χ1v) is 9.59. The zero-order valence-electron chi connectivity index (χ0n) is 15.4. The predicted molar refractivity (Wildman–Crippen MR) is 110 cm³/mol. The van der Waals surface area contributed by atoms with Crippen LogP contribution in [0, 0.1) is 11.8 Å². The largest absolute Gasteiger partial charge is 0.481 e. The molecule has 5 heteroatoms. The fourth-order valence-electron chi connectivity index (χ4n) is 2.96. The highest BCUT2D eigenvalue weighted by molar-refractivity contribution is 7.09. The number of ether oxygens (including phenoxy) is 2. The number of benzene rings is 2. The normalized spacial score (nSPS) is 12.7. The Balaban J connectivity index is 1.76. The Morgan fingerprint density at radius 2 is 2.04 bits per heavy atom. The highest BCUT2D eigenvalue weighted by Gasteiger charge is 2.35. The molecule has 1 heterocycles. The van der Waals surface area contributed by atoms with Crippen LogP contribution in [0.25, 0.3) is 0 Å². The summed E-state index contributed by atoms with van der Waals surface area (Å²) in [6, 6.07) is 15.4. The van der Waals surface area contributed by atoms with Gasteiger partial charge in [0.15, 0.2) is 0 Å². The highest BCUT2D eigenvalue weighted by atomic mass is 32.1. The maximum Gasteiger partial charge on any atom is 0.149 e. The monoisotopic (exact) mass is 378 g/mol. The number of nitrogens with two attached hydrogens (primary N) is 1. The molecule has 0 aliphatic heterocycles. The lowest BCUT2D eigenvalue weighted by atomic mass is 9.91. The van der Waals surface area contributed by atoms with Crippen molar-refractivity contribution in [3.8, 4) is 17.6 Å². The van der Waals surface area contributed by atoms with E-state index in [2.05, 4.69) is 23.7 Å². The van der Waals surface area contributed by atoms with Crippen LogP contribution in [0.1, 0.15) is 29.5 Å². The van der Waals surface area contributed by atoms with Gasteiger partial charge in [-0.25, -0.2) is 4.98 Å². The van der Waals surface area contributed by atoms with E-state index < -0.39 is 5.60 Å². The quantitative estimate of drug-likeness (QED) is 0.508. The van der Waals surface area contributed by atoms with Crippen molar-refractivity contribution in [1.29, 1.82) is 0 Å². The molecule has 2 aromatic carbocycles. The summed E-state index contributed by atoms with van der Waals surface area (Å²) in [4.78, 5) is 4.47. The number of anilines is 1. The van der Waals surface area contributed by atoms with E-state index >= 15 is 0 Å². The molecule has 1 atom stereocenters. The van der Waals surface area contributed by atoms with Crippen molar-refractivity contribution >= 4 is 17.0 Å². The number of hydrogen-bond donors (Lipinski definition) is 1. The summed E-state index contributed by atoms with van der Waals surface area (Å²) < 4.78 is 11.7. The van der Waals surface area contributed by atoms with Gasteiger partial charge in [0, 0.05) is 29.9 Å². The molecule has 0 aliphatic carbocycles. The van der Waals surface area contributed by atoms with Crippen LogP contribution in [0.2, 0.25) is 0 Å². The van der Waals surface area contributed by atoms with E-state index in [-0.39, 0.29) is 0 Å². The highest BCUT2D eigenvalue weighted by Crippen LogP contribution is 2.38. The zero-order valence-corrected chi connectivity index (χ0v) is 16.3. The first-order chi connectivity index (χ1) is 13.2. The van der Waals surface area contributed by atoms with Crippen molar-refractivity contribution in [2.75, 3.05) is 19.5 Å². The van der Waals surface area contributed by atoms with E-state index in [1.165, 1.54) is 0 Å². The van der Waals surface area contributed by atoms with Gasteiger partial charge in [-0.05, 0) is 42.3 Å². The molecule has 0 amide bonds. The van der Waals surface area contributed by atoms with Crippen molar-refractivity contribution in [1.82, 2.24) is 4.98 Å². The van der Waals surface area contributed by atoms with E-state index in [0.717, 1.165) is 28.3 Å². The molecule has 138 valence electrons. The van der Waals surface area contributed by atoms with Crippen LogP contribution in [0.4, 0.5) is 5.69 Å². The Bertz CT molecular complexity index is 938. The predicted octanol–water partition coefficient (Wildman–Crippen LogP) is 4.46. The van der Waals surface area contributed by atoms with Gasteiger partial charge in [-0.2, -0.15) is 0 Å². The fraction of sp³-hybridized carbons (Fsp3) is 0.227. The number of methoxy groups -OCH3 is 1. The van der Waals surface area contributed by atoms with Crippen LogP contribution < -0.4 is 10.5 Å². The molecular weight excluding hydrogens is 356 g/mol. The van der Waals surface area contributed by atoms with Crippen LogP contribution in [-0.2, 0) is 10.3 Å². The third-order valence-corrected chi connectivity index (χ3v) is 5.27. The standard InChI is InChI=1S/C22H22N2O2S/c1-3-22(25-2,21-24-12-14-27-21)18-9-5-11-20(16-18)26-13-6-8-17-7-4-10-19(23)15-17/h4-5,7,9-12,14-16H,3,13,23H2,1-2H3. The van der Waals surface area contributed by atoms with Gasteiger partial charge < -0.3 is 15.2 Å². The van der Waals surface area contributed by atoms with Gasteiger partial charge in [0.2, 0.25) is 0 Å². The van der Waals surface area contributed by atoms with Gasteiger partial charge in [0.05, 0.1) is 0 Å². The van der Waals surface area contributed by atoms with Crippen molar-refractivity contribution in [3.05, 3.63) is 76.2 Å². The SMILES string of the molecule is CCC(OC)(c1cccc(OCC#Cc2cccc(N)c2)c1)c1nccs1. The van der Waals surface area contributed by atoms with Gasteiger partial charge in [0.1, 0.15) is 23.0 Å². The van der Waals surface area contributed by atoms with E-state index in [9.17, 15) is 0 Å². The molecule has 0 bridgehead atoms. The van der Waals surface area contributed by atoms with Crippen molar-refractivity contribution < 1.29 is 9.47 Å². The van der Waals surface area contributed by atoms with Gasteiger partial charge in [-0.3, -0.25) is 0 Å². The molecule has 0 radical (unpaired) electrons. The number of aromatic nitrogens is 1. The minimum Gasteiger partial charge on any atom is -0.481 e. The summed E-state index contributed by atoms with van der Waals surface area (Å²) in [7, 11) is 1.72. The molecular formula is C22H22N2O2S. The molecule has 0 fully saturated rings. The average Bonchev–Trinajstić information content (AvgIpc) is 3.23. The third-order valence-electron chi connectivity index (χ3n) is 4.35.